The van der Waals surface area contributed by atoms with Crippen molar-refractivity contribution in [2.75, 3.05) is 45.3 Å². The van der Waals surface area contributed by atoms with Gasteiger partial charge in [0.1, 0.15) is 0 Å². The van der Waals surface area contributed by atoms with Gasteiger partial charge in [0, 0.05) is 44.7 Å². The molecule has 0 aliphatic carbocycles. The third-order valence-corrected chi connectivity index (χ3v) is 4.16. The van der Waals surface area contributed by atoms with Crippen molar-refractivity contribution in [3.05, 3.63) is 59.7 Å². The SMILES string of the molecule is CN(C)c1ccc(C=Nc2cccc(C(=O)N3CCOCC3)c2)cc1. The number of benzene rings is 2. The minimum absolute atomic E-state index is 0.0377. The lowest BCUT2D eigenvalue weighted by molar-refractivity contribution is 0.0303. The summed E-state index contributed by atoms with van der Waals surface area (Å²) >= 11 is 0. The first-order valence-electron chi connectivity index (χ1n) is 8.42. The maximum absolute atomic E-state index is 12.5. The van der Waals surface area contributed by atoms with Crippen LogP contribution in [0.25, 0.3) is 0 Å². The summed E-state index contributed by atoms with van der Waals surface area (Å²) in [5.74, 6) is 0.0377. The highest BCUT2D eigenvalue weighted by Crippen LogP contribution is 2.17. The van der Waals surface area contributed by atoms with Gasteiger partial charge in [0.05, 0.1) is 18.9 Å². The normalized spacial score (nSPS) is 14.7. The monoisotopic (exact) mass is 337 g/mol. The average Bonchev–Trinajstić information content (AvgIpc) is 2.67. The molecule has 130 valence electrons. The van der Waals surface area contributed by atoms with E-state index >= 15 is 0 Å². The summed E-state index contributed by atoms with van der Waals surface area (Å²) in [6.45, 7) is 2.49. The molecule has 5 nitrogen and oxygen atoms in total. The Bertz CT molecular complexity index is 748. The molecule has 0 unspecified atom stereocenters. The first-order valence-corrected chi connectivity index (χ1v) is 8.42. The van der Waals surface area contributed by atoms with Crippen LogP contribution in [0.15, 0.2) is 53.5 Å². The van der Waals surface area contributed by atoms with Gasteiger partial charge >= 0.3 is 0 Å². The smallest absolute Gasteiger partial charge is 0.254 e. The van der Waals surface area contributed by atoms with Crippen LogP contribution in [0, 0.1) is 0 Å². The van der Waals surface area contributed by atoms with E-state index in [0.717, 1.165) is 16.9 Å². The van der Waals surface area contributed by atoms with Crippen LogP contribution >= 0.6 is 0 Å². The number of rotatable bonds is 4. The van der Waals surface area contributed by atoms with E-state index in [9.17, 15) is 4.79 Å². The molecule has 1 heterocycles. The van der Waals surface area contributed by atoms with Gasteiger partial charge in [0.15, 0.2) is 0 Å². The lowest BCUT2D eigenvalue weighted by Crippen LogP contribution is -2.40. The molecule has 1 amide bonds. The van der Waals surface area contributed by atoms with Gasteiger partial charge in [-0.25, -0.2) is 0 Å². The molecular weight excluding hydrogens is 314 g/mol. The molecule has 0 aromatic heterocycles. The van der Waals surface area contributed by atoms with Crippen LogP contribution in [-0.4, -0.2) is 57.4 Å². The Morgan fingerprint density at radius 2 is 1.84 bits per heavy atom. The third kappa shape index (κ3) is 4.45. The van der Waals surface area contributed by atoms with Gasteiger partial charge in [0.2, 0.25) is 0 Å². The molecule has 2 aromatic rings. The zero-order valence-corrected chi connectivity index (χ0v) is 14.7. The van der Waals surface area contributed by atoms with Gasteiger partial charge in [-0.1, -0.05) is 18.2 Å². The summed E-state index contributed by atoms with van der Waals surface area (Å²) < 4.78 is 5.30. The van der Waals surface area contributed by atoms with Crippen molar-refractivity contribution in [2.45, 2.75) is 0 Å². The molecule has 25 heavy (non-hydrogen) atoms. The molecule has 0 radical (unpaired) electrons. The van der Waals surface area contributed by atoms with E-state index in [1.165, 1.54) is 0 Å². The number of carbonyl (C=O) groups is 1. The number of anilines is 1. The molecule has 2 aromatic carbocycles. The highest BCUT2D eigenvalue weighted by atomic mass is 16.5. The molecule has 1 fully saturated rings. The summed E-state index contributed by atoms with van der Waals surface area (Å²) in [4.78, 5) is 20.9. The molecule has 1 aliphatic rings. The first kappa shape index (κ1) is 17.2. The topological polar surface area (TPSA) is 45.1 Å². The minimum atomic E-state index is 0.0377. The lowest BCUT2D eigenvalue weighted by atomic mass is 10.1. The number of aliphatic imine (C=N–C) groups is 1. The summed E-state index contributed by atoms with van der Waals surface area (Å²) in [6.07, 6.45) is 1.82. The van der Waals surface area contributed by atoms with E-state index in [0.29, 0.717) is 31.9 Å². The summed E-state index contributed by atoms with van der Waals surface area (Å²) in [5.41, 5.74) is 3.61. The van der Waals surface area contributed by atoms with Gasteiger partial charge in [-0.05, 0) is 35.9 Å². The largest absolute Gasteiger partial charge is 0.378 e. The Morgan fingerprint density at radius 3 is 2.52 bits per heavy atom. The molecule has 0 saturated carbocycles. The van der Waals surface area contributed by atoms with Crippen molar-refractivity contribution in [3.8, 4) is 0 Å². The van der Waals surface area contributed by atoms with E-state index in [1.54, 1.807) is 0 Å². The van der Waals surface area contributed by atoms with Gasteiger partial charge in [-0.15, -0.1) is 0 Å². The van der Waals surface area contributed by atoms with E-state index in [1.807, 2.05) is 61.6 Å². The number of nitrogens with zero attached hydrogens (tertiary/aromatic N) is 3. The number of morpholine rings is 1. The maximum Gasteiger partial charge on any atom is 0.254 e. The van der Waals surface area contributed by atoms with Gasteiger partial charge in [-0.3, -0.25) is 9.79 Å². The fraction of sp³-hybridized carbons (Fsp3) is 0.300. The summed E-state index contributed by atoms with van der Waals surface area (Å²) in [5, 5.41) is 0. The Kier molecular flexibility index (Phi) is 5.46. The molecule has 0 bridgehead atoms. The number of ether oxygens (including phenoxy) is 1. The molecule has 0 N–H and O–H groups in total. The number of amides is 1. The van der Waals surface area contributed by atoms with E-state index in [2.05, 4.69) is 22.0 Å². The summed E-state index contributed by atoms with van der Waals surface area (Å²) in [6, 6.07) is 15.6. The van der Waals surface area contributed by atoms with Crippen molar-refractivity contribution in [2.24, 2.45) is 4.99 Å². The zero-order valence-electron chi connectivity index (χ0n) is 14.7. The number of hydrogen-bond acceptors (Lipinski definition) is 4. The van der Waals surface area contributed by atoms with Crippen LogP contribution in [0.4, 0.5) is 11.4 Å². The zero-order chi connectivity index (χ0) is 17.6. The number of carbonyl (C=O) groups excluding carboxylic acids is 1. The van der Waals surface area contributed by atoms with E-state index < -0.39 is 0 Å². The molecule has 0 spiro atoms. The van der Waals surface area contributed by atoms with Crippen molar-refractivity contribution in [3.63, 3.8) is 0 Å². The second-order valence-corrected chi connectivity index (χ2v) is 6.20. The minimum Gasteiger partial charge on any atom is -0.378 e. The first-order chi connectivity index (χ1) is 12.1. The van der Waals surface area contributed by atoms with Gasteiger partial charge in [-0.2, -0.15) is 0 Å². The highest BCUT2D eigenvalue weighted by molar-refractivity contribution is 5.95. The van der Waals surface area contributed by atoms with E-state index in [-0.39, 0.29) is 5.91 Å². The molecule has 1 saturated heterocycles. The van der Waals surface area contributed by atoms with Crippen LogP contribution < -0.4 is 4.90 Å². The van der Waals surface area contributed by atoms with Crippen LogP contribution in [-0.2, 0) is 4.74 Å². The molecular formula is C20H23N3O2. The molecule has 5 heteroatoms. The quantitative estimate of drug-likeness (QED) is 0.806. The Labute approximate surface area is 148 Å². The van der Waals surface area contributed by atoms with Crippen LogP contribution in [0.5, 0.6) is 0 Å². The average molecular weight is 337 g/mol. The van der Waals surface area contributed by atoms with Crippen molar-refractivity contribution in [1.82, 2.24) is 4.90 Å². The third-order valence-electron chi connectivity index (χ3n) is 4.16. The van der Waals surface area contributed by atoms with E-state index in [4.69, 9.17) is 4.74 Å². The number of hydrogen-bond donors (Lipinski definition) is 0. The van der Waals surface area contributed by atoms with Crippen molar-refractivity contribution < 1.29 is 9.53 Å². The standard InChI is InChI=1S/C20H23N3O2/c1-22(2)19-8-6-16(7-9-19)15-21-18-5-3-4-17(14-18)20(24)23-10-12-25-13-11-23/h3-9,14-15H,10-13H2,1-2H3. The second-order valence-electron chi connectivity index (χ2n) is 6.20. The Balaban J connectivity index is 1.71. The van der Waals surface area contributed by atoms with Crippen LogP contribution in [0.1, 0.15) is 15.9 Å². The predicted octanol–water partition coefficient (Wildman–Crippen LogP) is 2.98. The molecule has 1 aliphatic heterocycles. The van der Waals surface area contributed by atoms with Crippen LogP contribution in [0.3, 0.4) is 0 Å². The van der Waals surface area contributed by atoms with Crippen molar-refractivity contribution in [1.29, 1.82) is 0 Å². The summed E-state index contributed by atoms with van der Waals surface area (Å²) in [7, 11) is 4.03. The molecule has 3 rings (SSSR count). The lowest BCUT2D eigenvalue weighted by Gasteiger charge is -2.26. The predicted molar refractivity (Wildman–Crippen MR) is 101 cm³/mol. The van der Waals surface area contributed by atoms with Gasteiger partial charge in [0.25, 0.3) is 5.91 Å². The highest BCUT2D eigenvalue weighted by Gasteiger charge is 2.18. The fourth-order valence-corrected chi connectivity index (χ4v) is 2.68. The van der Waals surface area contributed by atoms with Crippen LogP contribution in [0.2, 0.25) is 0 Å². The fourth-order valence-electron chi connectivity index (χ4n) is 2.68. The maximum atomic E-state index is 12.5. The Hall–Kier alpha value is -2.66. The van der Waals surface area contributed by atoms with Gasteiger partial charge < -0.3 is 14.5 Å². The van der Waals surface area contributed by atoms with Crippen molar-refractivity contribution >= 4 is 23.5 Å². The second kappa shape index (κ2) is 7.94. The Morgan fingerprint density at radius 1 is 1.12 bits per heavy atom. The molecule has 0 atom stereocenters.